The predicted molar refractivity (Wildman–Crippen MR) is 236 cm³/mol. The van der Waals surface area contributed by atoms with Crippen LogP contribution in [0.15, 0.2) is 186 Å². The Balaban J connectivity index is 0.960. The minimum atomic E-state index is 0.653. The number of hydrogen-bond donors (Lipinski definition) is 0. The molecule has 0 bridgehead atoms. The van der Waals surface area contributed by atoms with Crippen molar-refractivity contribution in [3.8, 4) is 51.0 Å². The van der Waals surface area contributed by atoms with E-state index in [-0.39, 0.29) is 0 Å². The molecule has 0 fully saturated rings. The number of para-hydroxylation sites is 2. The van der Waals surface area contributed by atoms with Crippen molar-refractivity contribution in [1.82, 2.24) is 19.5 Å². The summed E-state index contributed by atoms with van der Waals surface area (Å²) in [4.78, 5) is 14.9. The summed E-state index contributed by atoms with van der Waals surface area (Å²) in [5.74, 6) is 1.96. The first-order valence-electron chi connectivity index (χ1n) is 19.0. The molecule has 0 saturated carbocycles. The fraction of sp³-hybridized carbons (Fsp3) is 0. The lowest BCUT2D eigenvalue weighted by molar-refractivity contribution is 0.668. The highest BCUT2D eigenvalue weighted by atomic mass is 32.1. The molecule has 0 aliphatic rings. The summed E-state index contributed by atoms with van der Waals surface area (Å²) in [6.07, 6.45) is 0. The normalized spacial score (nSPS) is 11.9. The summed E-state index contributed by atoms with van der Waals surface area (Å²) >= 11 is 1.81. The minimum absolute atomic E-state index is 0.653. The number of furan rings is 1. The van der Waals surface area contributed by atoms with Crippen molar-refractivity contribution < 1.29 is 4.42 Å². The molecule has 4 heterocycles. The van der Waals surface area contributed by atoms with Gasteiger partial charge in [-0.15, -0.1) is 11.3 Å². The molecular weight excluding hydrogens is 717 g/mol. The zero-order chi connectivity index (χ0) is 37.5. The summed E-state index contributed by atoms with van der Waals surface area (Å²) in [6, 6.07) is 63.8. The van der Waals surface area contributed by atoms with Crippen LogP contribution in [0.3, 0.4) is 0 Å². The molecule has 0 radical (unpaired) electrons. The van der Waals surface area contributed by atoms with E-state index in [4.69, 9.17) is 19.4 Å². The van der Waals surface area contributed by atoms with Gasteiger partial charge in [-0.2, -0.15) is 0 Å². The van der Waals surface area contributed by atoms with E-state index in [1.54, 1.807) is 0 Å². The van der Waals surface area contributed by atoms with Crippen LogP contribution in [0.2, 0.25) is 0 Å². The van der Waals surface area contributed by atoms with Crippen LogP contribution < -0.4 is 0 Å². The molecular formula is C51H30N4OS. The quantitative estimate of drug-likeness (QED) is 0.176. The van der Waals surface area contributed by atoms with E-state index in [1.807, 2.05) is 72.0 Å². The largest absolute Gasteiger partial charge is 0.456 e. The number of fused-ring (bicyclic) bond motifs is 9. The van der Waals surface area contributed by atoms with Gasteiger partial charge in [-0.1, -0.05) is 121 Å². The SMILES string of the molecule is c1ccc(-c2nc(-c3ccccc3)nc(-c3ccc4sc5cc(-c6cccc7oc8cc(-n9c%10ccccc%10c%10ccccc%109)ccc8c67)ccc5c4c3)n2)cc1. The first-order valence-corrected chi connectivity index (χ1v) is 19.8. The zero-order valence-corrected chi connectivity index (χ0v) is 31.2. The van der Waals surface area contributed by atoms with Gasteiger partial charge < -0.3 is 8.98 Å². The maximum atomic E-state index is 6.61. The maximum Gasteiger partial charge on any atom is 0.164 e. The maximum absolute atomic E-state index is 6.61. The second-order valence-corrected chi connectivity index (χ2v) is 15.5. The van der Waals surface area contributed by atoms with Crippen LogP contribution >= 0.6 is 11.3 Å². The van der Waals surface area contributed by atoms with Gasteiger partial charge in [0, 0.05) is 70.2 Å². The van der Waals surface area contributed by atoms with E-state index in [2.05, 4.69) is 126 Å². The monoisotopic (exact) mass is 746 g/mol. The molecule has 57 heavy (non-hydrogen) atoms. The average molecular weight is 747 g/mol. The van der Waals surface area contributed by atoms with E-state index < -0.39 is 0 Å². The fourth-order valence-corrected chi connectivity index (χ4v) is 9.54. The van der Waals surface area contributed by atoms with Crippen LogP contribution in [0.4, 0.5) is 0 Å². The Labute approximate surface area is 330 Å². The first kappa shape index (κ1) is 31.9. The van der Waals surface area contributed by atoms with Gasteiger partial charge in [-0.05, 0) is 65.7 Å². The Bertz CT molecular complexity index is 3420. The Morgan fingerprint density at radius 1 is 0.386 bits per heavy atom. The van der Waals surface area contributed by atoms with Crippen molar-refractivity contribution in [3.63, 3.8) is 0 Å². The molecule has 0 N–H and O–H groups in total. The molecule has 0 amide bonds. The third-order valence-electron chi connectivity index (χ3n) is 11.1. The lowest BCUT2D eigenvalue weighted by atomic mass is 9.98. The number of rotatable bonds is 5. The molecule has 0 atom stereocenters. The minimum Gasteiger partial charge on any atom is -0.456 e. The van der Waals surface area contributed by atoms with Crippen LogP contribution in [-0.2, 0) is 0 Å². The number of thiophene rings is 1. The molecule has 5 nitrogen and oxygen atoms in total. The Morgan fingerprint density at radius 2 is 1.00 bits per heavy atom. The highest BCUT2D eigenvalue weighted by Crippen LogP contribution is 2.42. The highest BCUT2D eigenvalue weighted by Gasteiger charge is 2.18. The number of benzene rings is 8. The standard InChI is InChI=1S/C51H30N4OS/c1-3-12-31(13-4-1)49-52-50(32-14-5-2-6-15-32)54-51(53-49)34-23-27-46-41(28-34)39-25-22-33(29-47(39)57-46)36-18-11-21-44-48(36)40-26-24-35(30-45(40)56-44)55-42-19-9-7-16-37(42)38-17-8-10-20-43(38)55/h1-30H. The van der Waals surface area contributed by atoms with E-state index >= 15 is 0 Å². The van der Waals surface area contributed by atoms with E-state index in [0.717, 1.165) is 55.4 Å². The summed E-state index contributed by atoms with van der Waals surface area (Å²) < 4.78 is 11.4. The molecule has 12 rings (SSSR count). The Hall–Kier alpha value is -7.41. The Kier molecular flexibility index (Phi) is 7.03. The predicted octanol–water partition coefficient (Wildman–Crippen LogP) is 13.9. The molecule has 0 aliphatic heterocycles. The second-order valence-electron chi connectivity index (χ2n) is 14.4. The fourth-order valence-electron chi connectivity index (χ4n) is 8.42. The topological polar surface area (TPSA) is 56.7 Å². The second kappa shape index (κ2) is 12.6. The van der Waals surface area contributed by atoms with Gasteiger partial charge >= 0.3 is 0 Å². The van der Waals surface area contributed by atoms with Crippen molar-refractivity contribution >= 4 is 75.3 Å². The van der Waals surface area contributed by atoms with Crippen molar-refractivity contribution in [2.45, 2.75) is 0 Å². The summed E-state index contributed by atoms with van der Waals surface area (Å²) in [5, 5.41) is 7.12. The van der Waals surface area contributed by atoms with Crippen LogP contribution in [0.1, 0.15) is 0 Å². The lowest BCUT2D eigenvalue weighted by Gasteiger charge is -2.08. The van der Waals surface area contributed by atoms with Crippen LogP contribution in [0.25, 0.3) is 115 Å². The smallest absolute Gasteiger partial charge is 0.164 e. The zero-order valence-electron chi connectivity index (χ0n) is 30.4. The van der Waals surface area contributed by atoms with Gasteiger partial charge in [0.15, 0.2) is 17.5 Å². The molecule has 266 valence electrons. The lowest BCUT2D eigenvalue weighted by Crippen LogP contribution is -2.00. The van der Waals surface area contributed by atoms with Crippen molar-refractivity contribution in [3.05, 3.63) is 182 Å². The summed E-state index contributed by atoms with van der Waals surface area (Å²) in [7, 11) is 0. The first-order chi connectivity index (χ1) is 28.2. The molecule has 0 unspecified atom stereocenters. The number of aromatic nitrogens is 4. The highest BCUT2D eigenvalue weighted by molar-refractivity contribution is 7.25. The van der Waals surface area contributed by atoms with Crippen molar-refractivity contribution in [1.29, 1.82) is 0 Å². The molecule has 6 heteroatoms. The van der Waals surface area contributed by atoms with Crippen LogP contribution in [0.5, 0.6) is 0 Å². The van der Waals surface area contributed by atoms with Crippen molar-refractivity contribution in [2.24, 2.45) is 0 Å². The van der Waals surface area contributed by atoms with Gasteiger partial charge in [-0.3, -0.25) is 0 Å². The van der Waals surface area contributed by atoms with E-state index in [9.17, 15) is 0 Å². The van der Waals surface area contributed by atoms with Crippen LogP contribution in [-0.4, -0.2) is 19.5 Å². The van der Waals surface area contributed by atoms with Gasteiger partial charge in [-0.25, -0.2) is 15.0 Å². The molecule has 4 aromatic heterocycles. The summed E-state index contributed by atoms with van der Waals surface area (Å²) in [6.45, 7) is 0. The third-order valence-corrected chi connectivity index (χ3v) is 12.2. The van der Waals surface area contributed by atoms with Gasteiger partial charge in [0.2, 0.25) is 0 Å². The molecule has 0 saturated heterocycles. The van der Waals surface area contributed by atoms with Gasteiger partial charge in [0.05, 0.1) is 11.0 Å². The van der Waals surface area contributed by atoms with Crippen molar-refractivity contribution in [2.75, 3.05) is 0 Å². The Morgan fingerprint density at radius 3 is 1.70 bits per heavy atom. The number of nitrogens with zero attached hydrogens (tertiary/aromatic N) is 4. The van der Waals surface area contributed by atoms with Gasteiger partial charge in [0.1, 0.15) is 11.2 Å². The van der Waals surface area contributed by atoms with Gasteiger partial charge in [0.25, 0.3) is 0 Å². The molecule has 8 aromatic carbocycles. The molecule has 0 spiro atoms. The third kappa shape index (κ3) is 5.12. The van der Waals surface area contributed by atoms with E-state index in [1.165, 1.54) is 42.0 Å². The average Bonchev–Trinajstić information content (AvgIpc) is 3.95. The summed E-state index contributed by atoms with van der Waals surface area (Å²) in [5.41, 5.74) is 10.4. The molecule has 0 aliphatic carbocycles. The van der Waals surface area contributed by atoms with E-state index in [0.29, 0.717) is 17.5 Å². The number of hydrogen-bond acceptors (Lipinski definition) is 5. The van der Waals surface area contributed by atoms with Crippen LogP contribution in [0, 0.1) is 0 Å². The molecule has 12 aromatic rings.